The van der Waals surface area contributed by atoms with Crippen molar-refractivity contribution in [1.29, 1.82) is 0 Å². The van der Waals surface area contributed by atoms with Gasteiger partial charge in [0.2, 0.25) is 11.8 Å². The zero-order valence-corrected chi connectivity index (χ0v) is 28.4. The molecule has 4 heterocycles. The fourth-order valence-corrected chi connectivity index (χ4v) is 6.80. The number of aliphatic hydroxyl groups excluding tert-OH is 2. The van der Waals surface area contributed by atoms with Crippen LogP contribution >= 0.6 is 0 Å². The van der Waals surface area contributed by atoms with Crippen molar-refractivity contribution in [3.05, 3.63) is 108 Å². The fraction of sp³-hybridized carbons (Fsp3) is 0.395. The van der Waals surface area contributed by atoms with Crippen LogP contribution in [-0.2, 0) is 22.6 Å². The maximum absolute atomic E-state index is 13.9. The summed E-state index contributed by atoms with van der Waals surface area (Å²) in [7, 11) is 0. The summed E-state index contributed by atoms with van der Waals surface area (Å²) in [6.07, 6.45) is -3.09. The number of benzene rings is 2. The number of piperazine rings is 1. The molecular formula is C38H42F3N5O6. The SMILES string of the molecule is O=C(NC1c2ccccc2OC[C@H]1O)[C@@H](Cc1ccccc1)C[C@H](O)CN1CCN(Cc2ccc(-c3ccncc3)o2)C[C@H]1C(=O)NCC(F)(F)F. The molecule has 14 heteroatoms. The third-order valence-corrected chi connectivity index (χ3v) is 9.39. The summed E-state index contributed by atoms with van der Waals surface area (Å²) in [4.78, 5) is 34.8. The molecule has 0 radical (unpaired) electrons. The second kappa shape index (κ2) is 16.7. The lowest BCUT2D eigenvalue weighted by Gasteiger charge is -2.41. The normalized spacial score (nSPS) is 20.7. The van der Waals surface area contributed by atoms with E-state index in [1.165, 1.54) is 0 Å². The van der Waals surface area contributed by atoms with Gasteiger partial charge >= 0.3 is 6.18 Å². The molecule has 276 valence electrons. The molecule has 2 aromatic heterocycles. The second-order valence-corrected chi connectivity index (χ2v) is 13.3. The molecule has 4 N–H and O–H groups in total. The maximum Gasteiger partial charge on any atom is 0.405 e. The van der Waals surface area contributed by atoms with Crippen molar-refractivity contribution in [3.63, 3.8) is 0 Å². The maximum atomic E-state index is 13.9. The van der Waals surface area contributed by atoms with E-state index in [0.29, 0.717) is 42.3 Å². The summed E-state index contributed by atoms with van der Waals surface area (Å²) < 4.78 is 51.0. The van der Waals surface area contributed by atoms with E-state index < -0.39 is 48.8 Å². The Balaban J connectivity index is 1.15. The van der Waals surface area contributed by atoms with Crippen LogP contribution in [-0.4, -0.2) is 101 Å². The first-order chi connectivity index (χ1) is 25.0. The quantitative estimate of drug-likeness (QED) is 0.163. The smallest absolute Gasteiger partial charge is 0.405 e. The molecule has 5 atom stereocenters. The number of carbonyl (C=O) groups is 2. The molecule has 0 aliphatic carbocycles. The van der Waals surface area contributed by atoms with Crippen molar-refractivity contribution in [3.8, 4) is 17.1 Å². The standard InChI is InChI=1S/C38H42F3N5O6/c39-38(40,41)24-43-37(50)31-22-45(21-29-10-11-33(52-29)26-12-14-42-15-13-26)16-17-46(31)20-28(47)19-27(18-25-6-2-1-3-7-25)36(49)44-35-30-8-4-5-9-34(30)51-23-32(35)48/h1-15,27-28,31-32,35,47-48H,16-24H2,(H,43,50)(H,44,49)/t27-,28-,31-,32+,35?/m0/s1. The molecule has 2 amide bonds. The number of aromatic nitrogens is 1. The Labute approximate surface area is 299 Å². The number of β-amino-alcohol motifs (C(OH)–C–C–N with tert-alkyl or cyclic N) is 1. The molecule has 0 spiro atoms. The van der Waals surface area contributed by atoms with Gasteiger partial charge in [0.15, 0.2) is 0 Å². The summed E-state index contributed by atoms with van der Waals surface area (Å²) in [6.45, 7) is -0.375. The number of furan rings is 1. The van der Waals surface area contributed by atoms with Crippen molar-refractivity contribution in [2.24, 2.45) is 5.92 Å². The highest BCUT2D eigenvalue weighted by Gasteiger charge is 2.38. The van der Waals surface area contributed by atoms with E-state index in [4.69, 9.17) is 9.15 Å². The molecule has 0 saturated carbocycles. The number of carbonyl (C=O) groups excluding carboxylic acids is 2. The van der Waals surface area contributed by atoms with Gasteiger partial charge in [-0.05, 0) is 48.7 Å². The van der Waals surface area contributed by atoms with Crippen LogP contribution in [0.5, 0.6) is 5.75 Å². The number of amides is 2. The first-order valence-corrected chi connectivity index (χ1v) is 17.2. The molecule has 2 aliphatic rings. The van der Waals surface area contributed by atoms with Crippen molar-refractivity contribution in [1.82, 2.24) is 25.4 Å². The summed E-state index contributed by atoms with van der Waals surface area (Å²) in [5.41, 5.74) is 2.35. The highest BCUT2D eigenvalue weighted by atomic mass is 19.4. The monoisotopic (exact) mass is 721 g/mol. The minimum Gasteiger partial charge on any atom is -0.490 e. The van der Waals surface area contributed by atoms with Gasteiger partial charge in [0.25, 0.3) is 0 Å². The van der Waals surface area contributed by atoms with Crippen LogP contribution in [0.25, 0.3) is 11.3 Å². The van der Waals surface area contributed by atoms with Gasteiger partial charge in [-0.1, -0.05) is 48.5 Å². The van der Waals surface area contributed by atoms with Gasteiger partial charge < -0.3 is 30.0 Å². The number of hydrogen-bond donors (Lipinski definition) is 4. The van der Waals surface area contributed by atoms with E-state index in [9.17, 15) is 33.0 Å². The number of halogens is 3. The van der Waals surface area contributed by atoms with E-state index in [1.54, 1.807) is 41.6 Å². The van der Waals surface area contributed by atoms with Gasteiger partial charge in [-0.3, -0.25) is 24.4 Å². The molecule has 2 aromatic carbocycles. The number of fused-ring (bicyclic) bond motifs is 1. The first kappa shape index (κ1) is 37.0. The minimum absolute atomic E-state index is 0.00295. The van der Waals surface area contributed by atoms with E-state index >= 15 is 0 Å². The zero-order valence-electron chi connectivity index (χ0n) is 28.4. The molecule has 1 saturated heterocycles. The number of rotatable bonds is 13. The van der Waals surface area contributed by atoms with Gasteiger partial charge in [-0.15, -0.1) is 0 Å². The number of aliphatic hydroxyl groups is 2. The predicted molar refractivity (Wildman–Crippen MR) is 185 cm³/mol. The average Bonchev–Trinajstić information content (AvgIpc) is 3.61. The highest BCUT2D eigenvalue weighted by Crippen LogP contribution is 2.33. The Hall–Kier alpha value is -4.76. The fourth-order valence-electron chi connectivity index (χ4n) is 6.80. The van der Waals surface area contributed by atoms with Crippen LogP contribution in [0.3, 0.4) is 0 Å². The van der Waals surface area contributed by atoms with Crippen LogP contribution in [0.2, 0.25) is 0 Å². The van der Waals surface area contributed by atoms with E-state index in [0.717, 1.165) is 11.1 Å². The van der Waals surface area contributed by atoms with Crippen molar-refractivity contribution in [2.45, 2.75) is 49.9 Å². The first-order valence-electron chi connectivity index (χ1n) is 17.2. The molecule has 4 aromatic rings. The number of ether oxygens (including phenoxy) is 1. The van der Waals surface area contributed by atoms with Crippen molar-refractivity contribution in [2.75, 3.05) is 39.3 Å². The van der Waals surface area contributed by atoms with Gasteiger partial charge in [0, 0.05) is 55.6 Å². The van der Waals surface area contributed by atoms with Gasteiger partial charge in [-0.25, -0.2) is 0 Å². The van der Waals surface area contributed by atoms with Gasteiger partial charge in [-0.2, -0.15) is 13.2 Å². The lowest BCUT2D eigenvalue weighted by molar-refractivity contribution is -0.143. The molecule has 11 nitrogen and oxygen atoms in total. The van der Waals surface area contributed by atoms with Crippen molar-refractivity contribution >= 4 is 11.8 Å². The Morgan fingerprint density at radius 2 is 1.73 bits per heavy atom. The van der Waals surface area contributed by atoms with Crippen LogP contribution in [0.15, 0.2) is 95.7 Å². The predicted octanol–water partition coefficient (Wildman–Crippen LogP) is 3.73. The molecule has 2 aliphatic heterocycles. The topological polar surface area (TPSA) is 140 Å². The Kier molecular flexibility index (Phi) is 11.9. The molecule has 1 fully saturated rings. The summed E-state index contributed by atoms with van der Waals surface area (Å²) in [5.74, 6) is -0.0839. The van der Waals surface area contributed by atoms with Crippen LogP contribution in [0, 0.1) is 5.92 Å². The zero-order chi connectivity index (χ0) is 36.7. The average molecular weight is 722 g/mol. The Morgan fingerprint density at radius 3 is 2.50 bits per heavy atom. The van der Waals surface area contributed by atoms with E-state index in [2.05, 4.69) is 10.3 Å². The number of nitrogens with one attached hydrogen (secondary N) is 2. The number of hydrogen-bond acceptors (Lipinski definition) is 9. The van der Waals surface area contributed by atoms with E-state index in [-0.39, 0.29) is 38.6 Å². The number of alkyl halides is 3. The highest BCUT2D eigenvalue weighted by molar-refractivity contribution is 5.82. The molecular weight excluding hydrogens is 679 g/mol. The number of nitrogens with zero attached hydrogens (tertiary/aromatic N) is 3. The van der Waals surface area contributed by atoms with Crippen LogP contribution in [0.1, 0.15) is 29.3 Å². The minimum atomic E-state index is -4.59. The Bertz CT molecular complexity index is 1780. The lowest BCUT2D eigenvalue weighted by atomic mass is 9.90. The third-order valence-electron chi connectivity index (χ3n) is 9.39. The molecule has 6 rings (SSSR count). The summed E-state index contributed by atoms with van der Waals surface area (Å²) in [6, 6.07) is 22.0. The molecule has 52 heavy (non-hydrogen) atoms. The number of para-hydroxylation sites is 1. The Morgan fingerprint density at radius 1 is 0.981 bits per heavy atom. The van der Waals surface area contributed by atoms with E-state index in [1.807, 2.05) is 64.8 Å². The second-order valence-electron chi connectivity index (χ2n) is 13.3. The molecule has 1 unspecified atom stereocenters. The summed E-state index contributed by atoms with van der Waals surface area (Å²) >= 11 is 0. The molecule has 0 bridgehead atoms. The largest absolute Gasteiger partial charge is 0.490 e. The number of pyridine rings is 1. The van der Waals surface area contributed by atoms with Crippen LogP contribution < -0.4 is 15.4 Å². The lowest BCUT2D eigenvalue weighted by Crippen LogP contribution is -2.60. The van der Waals surface area contributed by atoms with Gasteiger partial charge in [0.1, 0.15) is 42.6 Å². The van der Waals surface area contributed by atoms with Crippen molar-refractivity contribution < 1.29 is 42.1 Å². The third kappa shape index (κ3) is 9.76. The summed E-state index contributed by atoms with van der Waals surface area (Å²) in [5, 5.41) is 27.2. The van der Waals surface area contributed by atoms with Crippen LogP contribution in [0.4, 0.5) is 13.2 Å². The van der Waals surface area contributed by atoms with Gasteiger partial charge in [0.05, 0.1) is 18.7 Å².